The van der Waals surface area contributed by atoms with E-state index < -0.39 is 0 Å². The summed E-state index contributed by atoms with van der Waals surface area (Å²) in [6.45, 7) is 0.641. The Hall–Kier alpha value is -3.42. The minimum absolute atomic E-state index is 0. The summed E-state index contributed by atoms with van der Waals surface area (Å²) < 4.78 is 0. The third-order valence-electron chi connectivity index (χ3n) is 5.78. The fraction of sp³-hybridized carbons (Fsp3) is 0.417. The number of H-pyrrole nitrogens is 1. The first-order valence-corrected chi connectivity index (χ1v) is 10.7. The summed E-state index contributed by atoms with van der Waals surface area (Å²) >= 11 is 0. The minimum Gasteiger partial charge on any atom is -0.362 e. The fourth-order valence-corrected chi connectivity index (χ4v) is 4.05. The van der Waals surface area contributed by atoms with Gasteiger partial charge in [-0.3, -0.25) is 9.59 Å². The van der Waals surface area contributed by atoms with Crippen LogP contribution in [0.1, 0.15) is 43.5 Å². The summed E-state index contributed by atoms with van der Waals surface area (Å²) in [6.07, 6.45) is 5.51. The molecule has 2 aromatic heterocycles. The molecular weight excluding hydrogens is 404 g/mol. The molecule has 32 heavy (non-hydrogen) atoms. The number of amides is 1. The van der Waals surface area contributed by atoms with E-state index in [4.69, 9.17) is 9.97 Å². The number of nitrogens with zero attached hydrogens (tertiary/aromatic N) is 3. The lowest BCUT2D eigenvalue weighted by molar-refractivity contribution is 0.0943. The van der Waals surface area contributed by atoms with Gasteiger partial charge in [0.15, 0.2) is 0 Å². The van der Waals surface area contributed by atoms with Crippen LogP contribution < -0.4 is 21.1 Å². The van der Waals surface area contributed by atoms with Crippen LogP contribution >= 0.6 is 0 Å². The third-order valence-corrected chi connectivity index (χ3v) is 5.78. The van der Waals surface area contributed by atoms with Crippen LogP contribution in [-0.4, -0.2) is 47.5 Å². The van der Waals surface area contributed by atoms with Crippen molar-refractivity contribution < 1.29 is 4.79 Å². The Kier molecular flexibility index (Phi) is 7.45. The number of aromatic nitrogens is 3. The molecule has 1 amide bonds. The van der Waals surface area contributed by atoms with Gasteiger partial charge in [-0.15, -0.1) is 0 Å². The molecule has 8 heteroatoms. The monoisotopic (exact) mass is 436 g/mol. The van der Waals surface area contributed by atoms with E-state index in [2.05, 4.69) is 15.6 Å². The number of aromatic amines is 1. The van der Waals surface area contributed by atoms with E-state index in [9.17, 15) is 9.59 Å². The lowest BCUT2D eigenvalue weighted by atomic mass is 9.86. The highest BCUT2D eigenvalue weighted by molar-refractivity contribution is 5.93. The molecule has 0 unspecified atom stereocenters. The normalized spacial score (nSPS) is 17.9. The van der Waals surface area contributed by atoms with Gasteiger partial charge in [-0.05, 0) is 49.8 Å². The van der Waals surface area contributed by atoms with Crippen molar-refractivity contribution in [2.45, 2.75) is 39.2 Å². The Morgan fingerprint density at radius 1 is 1.09 bits per heavy atom. The number of carbonyl (C=O) groups is 1. The molecule has 1 fully saturated rings. The molecule has 0 atom stereocenters. The standard InChI is InChI=1S/C23H28N6O2.CH4/c1-29(2)21-18-5-3-4-6-19(18)27-23(28-21)26-17-10-7-15(8-11-17)13-25-22(31)16-9-12-20(30)24-14-16;/h3-6,9,12,14-15,17H,7-8,10-11,13H2,1-2H3,(H,24,30)(H,25,31)(H,26,27,28);1H4. The van der Waals surface area contributed by atoms with Crippen LogP contribution in [0.5, 0.6) is 0 Å². The van der Waals surface area contributed by atoms with Crippen molar-refractivity contribution in [2.75, 3.05) is 30.9 Å². The van der Waals surface area contributed by atoms with E-state index >= 15 is 0 Å². The average Bonchev–Trinajstić information content (AvgIpc) is 2.78. The predicted molar refractivity (Wildman–Crippen MR) is 129 cm³/mol. The van der Waals surface area contributed by atoms with Crippen molar-refractivity contribution in [2.24, 2.45) is 5.92 Å². The van der Waals surface area contributed by atoms with Gasteiger partial charge in [0, 0.05) is 44.3 Å². The van der Waals surface area contributed by atoms with Crippen molar-refractivity contribution in [1.29, 1.82) is 0 Å². The van der Waals surface area contributed by atoms with Gasteiger partial charge in [-0.2, -0.15) is 4.98 Å². The van der Waals surface area contributed by atoms with Gasteiger partial charge in [0.05, 0.1) is 11.1 Å². The fourth-order valence-electron chi connectivity index (χ4n) is 4.05. The van der Waals surface area contributed by atoms with Crippen LogP contribution in [0.4, 0.5) is 11.8 Å². The maximum Gasteiger partial charge on any atom is 0.252 e. The third kappa shape index (κ3) is 5.43. The molecule has 0 radical (unpaired) electrons. The van der Waals surface area contributed by atoms with Gasteiger partial charge in [0.1, 0.15) is 5.82 Å². The minimum atomic E-state index is -0.213. The lowest BCUT2D eigenvalue weighted by Crippen LogP contribution is -2.34. The van der Waals surface area contributed by atoms with Crippen molar-refractivity contribution >= 4 is 28.6 Å². The quantitative estimate of drug-likeness (QED) is 0.547. The van der Waals surface area contributed by atoms with Crippen LogP contribution in [0.3, 0.4) is 0 Å². The zero-order valence-corrected chi connectivity index (χ0v) is 17.9. The molecule has 0 spiro atoms. The molecule has 0 saturated heterocycles. The number of carbonyl (C=O) groups excluding carboxylic acids is 1. The van der Waals surface area contributed by atoms with E-state index in [0.29, 0.717) is 30.0 Å². The number of hydrogen-bond donors (Lipinski definition) is 3. The number of benzene rings is 1. The van der Waals surface area contributed by atoms with Gasteiger partial charge in [-0.25, -0.2) is 4.98 Å². The Morgan fingerprint density at radius 2 is 1.84 bits per heavy atom. The van der Waals surface area contributed by atoms with Gasteiger partial charge in [0.25, 0.3) is 5.91 Å². The van der Waals surface area contributed by atoms with E-state index in [0.717, 1.165) is 42.4 Å². The summed E-state index contributed by atoms with van der Waals surface area (Å²) in [7, 11) is 3.98. The zero-order chi connectivity index (χ0) is 21.8. The first-order chi connectivity index (χ1) is 15.0. The summed E-state index contributed by atoms with van der Waals surface area (Å²) in [6, 6.07) is 11.3. The van der Waals surface area contributed by atoms with E-state index in [1.807, 2.05) is 43.3 Å². The molecule has 0 bridgehead atoms. The second-order valence-corrected chi connectivity index (χ2v) is 8.30. The topological polar surface area (TPSA) is 103 Å². The Morgan fingerprint density at radius 3 is 2.53 bits per heavy atom. The largest absolute Gasteiger partial charge is 0.362 e. The summed E-state index contributed by atoms with van der Waals surface area (Å²) in [5.41, 5.74) is 1.19. The Balaban J connectivity index is 0.00000289. The van der Waals surface area contributed by atoms with E-state index in [-0.39, 0.29) is 18.9 Å². The van der Waals surface area contributed by atoms with Gasteiger partial charge in [-0.1, -0.05) is 19.6 Å². The van der Waals surface area contributed by atoms with E-state index in [1.165, 1.54) is 12.3 Å². The van der Waals surface area contributed by atoms with Crippen molar-refractivity contribution in [1.82, 2.24) is 20.3 Å². The first kappa shape index (κ1) is 23.2. The Bertz CT molecular complexity index is 1100. The molecule has 1 saturated carbocycles. The smallest absolute Gasteiger partial charge is 0.252 e. The number of para-hydroxylation sites is 1. The summed E-state index contributed by atoms with van der Waals surface area (Å²) in [5, 5.41) is 7.54. The van der Waals surface area contributed by atoms with Crippen molar-refractivity contribution in [3.63, 3.8) is 0 Å². The number of nitrogens with one attached hydrogen (secondary N) is 3. The molecule has 1 aliphatic rings. The second-order valence-electron chi connectivity index (χ2n) is 8.30. The van der Waals surface area contributed by atoms with Crippen LogP contribution in [0, 0.1) is 5.92 Å². The molecule has 1 aliphatic carbocycles. The van der Waals surface area contributed by atoms with Crippen LogP contribution in [-0.2, 0) is 0 Å². The maximum atomic E-state index is 12.2. The van der Waals surface area contributed by atoms with Gasteiger partial charge >= 0.3 is 0 Å². The molecule has 3 aromatic rings. The number of anilines is 2. The lowest BCUT2D eigenvalue weighted by Gasteiger charge is -2.29. The SMILES string of the molecule is C.CN(C)c1nc(NC2CCC(CNC(=O)c3ccc(=O)[nH]c3)CC2)nc2ccccc12. The molecule has 0 aliphatic heterocycles. The summed E-state index contributed by atoms with van der Waals surface area (Å²) in [4.78, 5) is 37.3. The number of hydrogen-bond acceptors (Lipinski definition) is 6. The van der Waals surface area contributed by atoms with Crippen LogP contribution in [0.2, 0.25) is 0 Å². The number of rotatable bonds is 6. The van der Waals surface area contributed by atoms with Crippen LogP contribution in [0.25, 0.3) is 10.9 Å². The van der Waals surface area contributed by atoms with E-state index in [1.54, 1.807) is 6.07 Å². The molecule has 1 aromatic carbocycles. The second kappa shape index (κ2) is 10.3. The number of fused-ring (bicyclic) bond motifs is 1. The predicted octanol–water partition coefficient (Wildman–Crippen LogP) is 3.42. The van der Waals surface area contributed by atoms with Crippen LogP contribution in [0.15, 0.2) is 47.4 Å². The maximum absolute atomic E-state index is 12.2. The highest BCUT2D eigenvalue weighted by Gasteiger charge is 2.23. The van der Waals surface area contributed by atoms with Gasteiger partial charge < -0.3 is 20.5 Å². The zero-order valence-electron chi connectivity index (χ0n) is 17.9. The van der Waals surface area contributed by atoms with Crippen molar-refractivity contribution in [3.05, 3.63) is 58.5 Å². The highest BCUT2D eigenvalue weighted by atomic mass is 16.1. The molecule has 2 heterocycles. The molecule has 8 nitrogen and oxygen atoms in total. The highest BCUT2D eigenvalue weighted by Crippen LogP contribution is 2.28. The molecular formula is C24H32N6O2. The number of pyridine rings is 1. The molecule has 4 rings (SSSR count). The average molecular weight is 437 g/mol. The summed E-state index contributed by atoms with van der Waals surface area (Å²) in [5.74, 6) is 1.86. The van der Waals surface area contributed by atoms with Crippen molar-refractivity contribution in [3.8, 4) is 0 Å². The first-order valence-electron chi connectivity index (χ1n) is 10.7. The Labute approximate surface area is 188 Å². The van der Waals surface area contributed by atoms with Gasteiger partial charge in [0.2, 0.25) is 11.5 Å². The molecule has 170 valence electrons. The molecule has 3 N–H and O–H groups in total.